The molecule has 0 spiro atoms. The van der Waals surface area contributed by atoms with Crippen molar-refractivity contribution in [1.82, 2.24) is 10.6 Å². The van der Waals surface area contributed by atoms with Gasteiger partial charge in [0, 0.05) is 29.6 Å². The van der Waals surface area contributed by atoms with E-state index in [1.54, 1.807) is 12.1 Å². The fraction of sp³-hybridized carbons (Fsp3) is 0.500. The largest absolute Gasteiger partial charge is 0.351 e. The van der Waals surface area contributed by atoms with Crippen molar-refractivity contribution in [2.45, 2.75) is 36.0 Å². The molecule has 1 aliphatic heterocycles. The van der Waals surface area contributed by atoms with Gasteiger partial charge < -0.3 is 10.6 Å². The molecular formula is C14H20ClN3O3S. The minimum absolute atomic E-state index is 0. The Balaban J connectivity index is 0.00000242. The summed E-state index contributed by atoms with van der Waals surface area (Å²) in [5.74, 6) is 0.00653. The van der Waals surface area contributed by atoms with Crippen LogP contribution in [0.3, 0.4) is 0 Å². The van der Waals surface area contributed by atoms with E-state index >= 15 is 0 Å². The van der Waals surface area contributed by atoms with Crippen LogP contribution in [-0.2, 0) is 4.79 Å². The zero-order chi connectivity index (χ0) is 15.2. The van der Waals surface area contributed by atoms with Gasteiger partial charge in [0.15, 0.2) is 0 Å². The molecule has 1 aliphatic rings. The Morgan fingerprint density at radius 1 is 1.45 bits per heavy atom. The molecule has 1 unspecified atom stereocenters. The normalized spacial score (nSPS) is 18.9. The van der Waals surface area contributed by atoms with Gasteiger partial charge in [0.1, 0.15) is 0 Å². The van der Waals surface area contributed by atoms with Gasteiger partial charge in [-0.3, -0.25) is 14.9 Å². The van der Waals surface area contributed by atoms with Gasteiger partial charge in [-0.15, -0.1) is 24.2 Å². The number of nitrogens with zero attached hydrogens (tertiary/aromatic N) is 1. The average molecular weight is 346 g/mol. The topological polar surface area (TPSA) is 84.3 Å². The van der Waals surface area contributed by atoms with Crippen molar-refractivity contribution in [3.8, 4) is 0 Å². The number of carbonyl (C=O) groups is 1. The summed E-state index contributed by atoms with van der Waals surface area (Å²) in [6.07, 6.45) is 2.09. The molecule has 1 heterocycles. The molecular weight excluding hydrogens is 326 g/mol. The molecule has 1 amide bonds. The Kier molecular flexibility index (Phi) is 7.64. The number of rotatable bonds is 5. The molecule has 0 aliphatic carbocycles. The smallest absolute Gasteiger partial charge is 0.269 e. The fourth-order valence-electron chi connectivity index (χ4n) is 2.20. The third kappa shape index (κ3) is 5.47. The van der Waals surface area contributed by atoms with Crippen LogP contribution in [0.2, 0.25) is 0 Å². The van der Waals surface area contributed by atoms with Gasteiger partial charge >= 0.3 is 0 Å². The molecule has 122 valence electrons. The number of nitrogens with one attached hydrogen (secondary N) is 2. The van der Waals surface area contributed by atoms with E-state index in [4.69, 9.17) is 0 Å². The first-order valence-corrected chi connectivity index (χ1v) is 7.86. The second kappa shape index (κ2) is 8.97. The van der Waals surface area contributed by atoms with Crippen molar-refractivity contribution in [1.29, 1.82) is 0 Å². The summed E-state index contributed by atoms with van der Waals surface area (Å²) in [6.45, 7) is 3.68. The van der Waals surface area contributed by atoms with Gasteiger partial charge in [-0.05, 0) is 38.4 Å². The SMILES string of the molecule is CC(Sc1ccc([N+](=O)[O-])cc1)C(=O)N[C@H]1CCCNC1.Cl. The number of thioether (sulfide) groups is 1. The highest BCUT2D eigenvalue weighted by Crippen LogP contribution is 2.25. The molecule has 1 aromatic rings. The molecule has 1 fully saturated rings. The van der Waals surface area contributed by atoms with Crippen molar-refractivity contribution in [3.05, 3.63) is 34.4 Å². The van der Waals surface area contributed by atoms with Crippen molar-refractivity contribution in [2.24, 2.45) is 0 Å². The van der Waals surface area contributed by atoms with Crippen LogP contribution in [-0.4, -0.2) is 35.2 Å². The molecule has 2 rings (SSSR count). The van der Waals surface area contributed by atoms with E-state index in [1.807, 2.05) is 6.92 Å². The number of nitro groups is 1. The van der Waals surface area contributed by atoms with Crippen LogP contribution < -0.4 is 10.6 Å². The van der Waals surface area contributed by atoms with Gasteiger partial charge in [-0.25, -0.2) is 0 Å². The van der Waals surface area contributed by atoms with Crippen molar-refractivity contribution in [2.75, 3.05) is 13.1 Å². The van der Waals surface area contributed by atoms with Crippen molar-refractivity contribution < 1.29 is 9.72 Å². The second-order valence-corrected chi connectivity index (χ2v) is 6.48. The summed E-state index contributed by atoms with van der Waals surface area (Å²) < 4.78 is 0. The maximum Gasteiger partial charge on any atom is 0.269 e. The lowest BCUT2D eigenvalue weighted by Crippen LogP contribution is -2.47. The van der Waals surface area contributed by atoms with Gasteiger partial charge in [0.2, 0.25) is 5.91 Å². The molecule has 1 saturated heterocycles. The molecule has 0 aromatic heterocycles. The van der Waals surface area contributed by atoms with E-state index in [0.29, 0.717) is 0 Å². The number of benzene rings is 1. The second-order valence-electron chi connectivity index (χ2n) is 5.06. The van der Waals surface area contributed by atoms with Gasteiger partial charge in [-0.1, -0.05) is 0 Å². The summed E-state index contributed by atoms with van der Waals surface area (Å²) in [5, 5.41) is 16.7. The molecule has 8 heteroatoms. The van der Waals surface area contributed by atoms with E-state index in [1.165, 1.54) is 23.9 Å². The molecule has 6 nitrogen and oxygen atoms in total. The highest BCUT2D eigenvalue weighted by molar-refractivity contribution is 8.00. The summed E-state index contributed by atoms with van der Waals surface area (Å²) in [5.41, 5.74) is 0.0599. The minimum atomic E-state index is -0.430. The van der Waals surface area contributed by atoms with E-state index in [-0.39, 0.29) is 35.3 Å². The maximum absolute atomic E-state index is 12.1. The number of non-ortho nitro benzene ring substituents is 1. The van der Waals surface area contributed by atoms with Gasteiger partial charge in [0.25, 0.3) is 5.69 Å². The zero-order valence-corrected chi connectivity index (χ0v) is 13.9. The zero-order valence-electron chi connectivity index (χ0n) is 12.3. The van der Waals surface area contributed by atoms with Gasteiger partial charge in [0.05, 0.1) is 10.2 Å². The standard InChI is InChI=1S/C14H19N3O3S.ClH/c1-10(14(18)16-11-3-2-8-15-9-11)21-13-6-4-12(5-7-13)17(19)20;/h4-7,10-11,15H,2-3,8-9H2,1H3,(H,16,18);1H/t10?,11-;/m0./s1. The first-order chi connectivity index (χ1) is 10.1. The first kappa shape index (κ1) is 18.7. The third-order valence-corrected chi connectivity index (χ3v) is 4.48. The van der Waals surface area contributed by atoms with Crippen LogP contribution in [0.25, 0.3) is 0 Å². The first-order valence-electron chi connectivity index (χ1n) is 6.98. The van der Waals surface area contributed by atoms with Crippen LogP contribution >= 0.6 is 24.2 Å². The predicted molar refractivity (Wildman–Crippen MR) is 89.7 cm³/mol. The lowest BCUT2D eigenvalue weighted by molar-refractivity contribution is -0.384. The summed E-state index contributed by atoms with van der Waals surface area (Å²) in [7, 11) is 0. The van der Waals surface area contributed by atoms with Crippen molar-refractivity contribution >= 4 is 35.8 Å². The minimum Gasteiger partial charge on any atom is -0.351 e. The summed E-state index contributed by atoms with van der Waals surface area (Å²) in [6, 6.07) is 6.46. The number of amides is 1. The molecule has 22 heavy (non-hydrogen) atoms. The van der Waals surface area contributed by atoms with E-state index in [0.717, 1.165) is 30.8 Å². The summed E-state index contributed by atoms with van der Waals surface area (Å²) in [4.78, 5) is 23.1. The van der Waals surface area contributed by atoms with E-state index < -0.39 is 4.92 Å². The number of halogens is 1. The van der Waals surface area contributed by atoms with E-state index in [9.17, 15) is 14.9 Å². The maximum atomic E-state index is 12.1. The lowest BCUT2D eigenvalue weighted by Gasteiger charge is -2.25. The number of nitro benzene ring substituents is 1. The molecule has 1 aromatic carbocycles. The average Bonchev–Trinajstić information content (AvgIpc) is 2.48. The molecule has 2 atom stereocenters. The molecule has 0 bridgehead atoms. The quantitative estimate of drug-likeness (QED) is 0.486. The van der Waals surface area contributed by atoms with Crippen molar-refractivity contribution in [3.63, 3.8) is 0 Å². The third-order valence-electron chi connectivity index (χ3n) is 3.37. The Labute approximate surface area is 140 Å². The number of piperidine rings is 1. The highest BCUT2D eigenvalue weighted by atomic mass is 35.5. The highest BCUT2D eigenvalue weighted by Gasteiger charge is 2.20. The number of carbonyl (C=O) groups excluding carboxylic acids is 1. The van der Waals surface area contributed by atoms with E-state index in [2.05, 4.69) is 10.6 Å². The lowest BCUT2D eigenvalue weighted by atomic mass is 10.1. The Morgan fingerprint density at radius 3 is 2.68 bits per heavy atom. The van der Waals surface area contributed by atoms with Crippen LogP contribution in [0.4, 0.5) is 5.69 Å². The molecule has 2 N–H and O–H groups in total. The Morgan fingerprint density at radius 2 is 2.14 bits per heavy atom. The Bertz CT molecular complexity index is 507. The van der Waals surface area contributed by atoms with Gasteiger partial charge in [-0.2, -0.15) is 0 Å². The predicted octanol–water partition coefficient (Wildman–Crippen LogP) is 2.37. The van der Waals surface area contributed by atoms with Crippen LogP contribution in [0.1, 0.15) is 19.8 Å². The monoisotopic (exact) mass is 345 g/mol. The fourth-order valence-corrected chi connectivity index (χ4v) is 3.07. The number of hydrogen-bond acceptors (Lipinski definition) is 5. The molecule has 0 saturated carbocycles. The van der Waals surface area contributed by atoms with Crippen LogP contribution in [0.5, 0.6) is 0 Å². The van der Waals surface area contributed by atoms with Crippen LogP contribution in [0, 0.1) is 10.1 Å². The summed E-state index contributed by atoms with van der Waals surface area (Å²) >= 11 is 1.41. The number of hydrogen-bond donors (Lipinski definition) is 2. The van der Waals surface area contributed by atoms with Crippen LogP contribution in [0.15, 0.2) is 29.2 Å². The Hall–Kier alpha value is -1.31. The molecule has 0 radical (unpaired) electrons.